The number of hydrogen-bond donors (Lipinski definition) is 2. The van der Waals surface area contributed by atoms with Crippen LogP contribution in [0.25, 0.3) is 0 Å². The summed E-state index contributed by atoms with van der Waals surface area (Å²) in [7, 11) is 0. The Labute approximate surface area is 106 Å². The summed E-state index contributed by atoms with van der Waals surface area (Å²) in [5, 5.41) is 14.3. The number of nitrogens with two attached hydrogens (primary N) is 1. The van der Waals surface area contributed by atoms with Gasteiger partial charge in [-0.1, -0.05) is 5.16 Å². The SMILES string of the molecule is Cc1ccc(C(N)=NO)c(Sc2nccs2)n1. The summed E-state index contributed by atoms with van der Waals surface area (Å²) in [5.41, 5.74) is 7.09. The molecule has 0 aliphatic heterocycles. The van der Waals surface area contributed by atoms with Crippen molar-refractivity contribution in [3.63, 3.8) is 0 Å². The number of oxime groups is 1. The lowest BCUT2D eigenvalue weighted by Crippen LogP contribution is -2.15. The Morgan fingerprint density at radius 1 is 1.53 bits per heavy atom. The normalized spacial score (nSPS) is 11.7. The van der Waals surface area contributed by atoms with Crippen LogP contribution >= 0.6 is 23.1 Å². The average Bonchev–Trinajstić information content (AvgIpc) is 2.81. The molecule has 0 radical (unpaired) electrons. The summed E-state index contributed by atoms with van der Waals surface area (Å²) in [6, 6.07) is 3.60. The molecule has 2 rings (SSSR count). The molecule has 17 heavy (non-hydrogen) atoms. The van der Waals surface area contributed by atoms with E-state index in [1.807, 2.05) is 18.4 Å². The van der Waals surface area contributed by atoms with Crippen molar-refractivity contribution in [1.82, 2.24) is 9.97 Å². The lowest BCUT2D eigenvalue weighted by atomic mass is 10.2. The molecule has 0 unspecified atom stereocenters. The van der Waals surface area contributed by atoms with Crippen molar-refractivity contribution in [1.29, 1.82) is 0 Å². The Hall–Kier alpha value is -1.60. The molecule has 0 spiro atoms. The molecule has 7 heteroatoms. The highest BCUT2D eigenvalue weighted by atomic mass is 32.2. The monoisotopic (exact) mass is 266 g/mol. The molecule has 3 N–H and O–H groups in total. The number of rotatable bonds is 3. The summed E-state index contributed by atoms with van der Waals surface area (Å²) in [5.74, 6) is 0.0524. The van der Waals surface area contributed by atoms with Crippen LogP contribution in [0.1, 0.15) is 11.3 Å². The lowest BCUT2D eigenvalue weighted by molar-refractivity contribution is 0.318. The van der Waals surface area contributed by atoms with Gasteiger partial charge in [0.1, 0.15) is 5.03 Å². The van der Waals surface area contributed by atoms with Crippen LogP contribution in [0.5, 0.6) is 0 Å². The molecule has 0 bridgehead atoms. The molecule has 2 aromatic heterocycles. The molecule has 0 amide bonds. The van der Waals surface area contributed by atoms with Gasteiger partial charge in [-0.15, -0.1) is 11.3 Å². The van der Waals surface area contributed by atoms with Crippen LogP contribution in [0.3, 0.4) is 0 Å². The van der Waals surface area contributed by atoms with Crippen LogP contribution in [-0.2, 0) is 0 Å². The summed E-state index contributed by atoms with van der Waals surface area (Å²) >= 11 is 2.92. The minimum atomic E-state index is 0.0524. The highest BCUT2D eigenvalue weighted by Crippen LogP contribution is 2.30. The summed E-state index contributed by atoms with van der Waals surface area (Å²) in [6.07, 6.45) is 1.73. The number of aryl methyl sites for hydroxylation is 1. The van der Waals surface area contributed by atoms with E-state index in [1.165, 1.54) is 23.1 Å². The van der Waals surface area contributed by atoms with Gasteiger partial charge in [-0.05, 0) is 30.8 Å². The number of pyridine rings is 1. The highest BCUT2D eigenvalue weighted by Gasteiger charge is 2.11. The van der Waals surface area contributed by atoms with E-state index in [4.69, 9.17) is 10.9 Å². The van der Waals surface area contributed by atoms with E-state index in [9.17, 15) is 0 Å². The first-order chi connectivity index (χ1) is 8.20. The fourth-order valence-corrected chi connectivity index (χ4v) is 2.91. The molecule has 88 valence electrons. The maximum atomic E-state index is 8.72. The van der Waals surface area contributed by atoms with Crippen LogP contribution in [-0.4, -0.2) is 21.0 Å². The Morgan fingerprint density at radius 3 is 3.00 bits per heavy atom. The Kier molecular flexibility index (Phi) is 3.60. The van der Waals surface area contributed by atoms with Gasteiger partial charge >= 0.3 is 0 Å². The van der Waals surface area contributed by atoms with Crippen LogP contribution < -0.4 is 5.73 Å². The van der Waals surface area contributed by atoms with E-state index in [1.54, 1.807) is 12.3 Å². The minimum absolute atomic E-state index is 0.0524. The number of hydrogen-bond acceptors (Lipinski definition) is 6. The smallest absolute Gasteiger partial charge is 0.172 e. The first-order valence-corrected chi connectivity index (χ1v) is 6.43. The first-order valence-electron chi connectivity index (χ1n) is 4.73. The number of nitrogens with zero attached hydrogens (tertiary/aromatic N) is 3. The molecular weight excluding hydrogens is 256 g/mol. The third kappa shape index (κ3) is 2.75. The van der Waals surface area contributed by atoms with Crippen LogP contribution in [0, 0.1) is 6.92 Å². The largest absolute Gasteiger partial charge is 0.409 e. The second kappa shape index (κ2) is 5.15. The lowest BCUT2D eigenvalue weighted by Gasteiger charge is -2.06. The van der Waals surface area contributed by atoms with E-state index in [0.717, 1.165) is 10.0 Å². The Bertz CT molecular complexity index is 539. The Balaban J connectivity index is 2.40. The van der Waals surface area contributed by atoms with Crippen molar-refractivity contribution >= 4 is 28.9 Å². The van der Waals surface area contributed by atoms with Gasteiger partial charge in [-0.3, -0.25) is 0 Å². The maximum Gasteiger partial charge on any atom is 0.172 e. The third-order valence-electron chi connectivity index (χ3n) is 1.98. The molecule has 0 aliphatic carbocycles. The fourth-order valence-electron chi connectivity index (χ4n) is 1.20. The van der Waals surface area contributed by atoms with Crippen molar-refractivity contribution in [3.05, 3.63) is 35.0 Å². The first kappa shape index (κ1) is 11.9. The van der Waals surface area contributed by atoms with Gasteiger partial charge in [0.05, 0.1) is 5.56 Å². The van der Waals surface area contributed by atoms with Gasteiger partial charge < -0.3 is 10.9 Å². The molecule has 0 saturated carbocycles. The van der Waals surface area contributed by atoms with Crippen molar-refractivity contribution in [2.45, 2.75) is 16.3 Å². The standard InChI is InChI=1S/C10H10N4OS2/c1-6-2-3-7(8(11)14-15)9(13-6)17-10-12-4-5-16-10/h2-5,15H,1H3,(H2,11,14). The minimum Gasteiger partial charge on any atom is -0.409 e. The van der Waals surface area contributed by atoms with E-state index in [-0.39, 0.29) is 5.84 Å². The fraction of sp³-hybridized carbons (Fsp3) is 0.100. The van der Waals surface area contributed by atoms with E-state index in [0.29, 0.717) is 10.6 Å². The molecule has 2 aromatic rings. The van der Waals surface area contributed by atoms with Gasteiger partial charge in [-0.25, -0.2) is 9.97 Å². The van der Waals surface area contributed by atoms with Crippen LogP contribution in [0.15, 0.2) is 38.2 Å². The molecule has 0 aliphatic rings. The average molecular weight is 266 g/mol. The quantitative estimate of drug-likeness (QED) is 0.384. The van der Waals surface area contributed by atoms with Crippen molar-refractivity contribution in [3.8, 4) is 0 Å². The van der Waals surface area contributed by atoms with Gasteiger partial charge in [0.15, 0.2) is 10.2 Å². The third-order valence-corrected chi connectivity index (χ3v) is 3.86. The second-order valence-electron chi connectivity index (χ2n) is 3.19. The number of aromatic nitrogens is 2. The van der Waals surface area contributed by atoms with Crippen LogP contribution in [0.4, 0.5) is 0 Å². The molecule has 0 atom stereocenters. The molecule has 5 nitrogen and oxygen atoms in total. The predicted octanol–water partition coefficient (Wildman–Crippen LogP) is 2.09. The Morgan fingerprint density at radius 2 is 2.35 bits per heavy atom. The summed E-state index contributed by atoms with van der Waals surface area (Å²) < 4.78 is 0.870. The van der Waals surface area contributed by atoms with Gasteiger partial charge in [-0.2, -0.15) is 0 Å². The van der Waals surface area contributed by atoms with E-state index >= 15 is 0 Å². The highest BCUT2D eigenvalue weighted by molar-refractivity contribution is 8.01. The summed E-state index contributed by atoms with van der Waals surface area (Å²) in [4.78, 5) is 8.54. The predicted molar refractivity (Wildman–Crippen MR) is 67.7 cm³/mol. The van der Waals surface area contributed by atoms with E-state index < -0.39 is 0 Å². The molecule has 0 saturated heterocycles. The molecule has 0 fully saturated rings. The number of amidine groups is 1. The zero-order valence-corrected chi connectivity index (χ0v) is 10.6. The van der Waals surface area contributed by atoms with Gasteiger partial charge in [0.25, 0.3) is 0 Å². The topological polar surface area (TPSA) is 84.4 Å². The van der Waals surface area contributed by atoms with Gasteiger partial charge in [0, 0.05) is 17.3 Å². The molecular formula is C10H10N4OS2. The maximum absolute atomic E-state index is 8.72. The summed E-state index contributed by atoms with van der Waals surface area (Å²) in [6.45, 7) is 1.89. The molecule has 2 heterocycles. The zero-order chi connectivity index (χ0) is 12.3. The van der Waals surface area contributed by atoms with Crippen molar-refractivity contribution in [2.24, 2.45) is 10.9 Å². The zero-order valence-electron chi connectivity index (χ0n) is 8.99. The van der Waals surface area contributed by atoms with Crippen molar-refractivity contribution < 1.29 is 5.21 Å². The van der Waals surface area contributed by atoms with Gasteiger partial charge in [0.2, 0.25) is 0 Å². The van der Waals surface area contributed by atoms with Crippen LogP contribution in [0.2, 0.25) is 0 Å². The van der Waals surface area contributed by atoms with Crippen molar-refractivity contribution in [2.75, 3.05) is 0 Å². The second-order valence-corrected chi connectivity index (χ2v) is 5.32. The number of thiazole rings is 1. The van der Waals surface area contributed by atoms with E-state index in [2.05, 4.69) is 15.1 Å². The molecule has 0 aromatic carbocycles.